The zero-order valence-electron chi connectivity index (χ0n) is 11.4. The normalized spacial score (nSPS) is 13.4. The first-order valence-corrected chi connectivity index (χ1v) is 7.47. The monoisotopic (exact) mass is 361 g/mol. The molecule has 0 radical (unpaired) electrons. The van der Waals surface area contributed by atoms with Crippen LogP contribution in [0.5, 0.6) is 0 Å². The van der Waals surface area contributed by atoms with Crippen molar-refractivity contribution < 1.29 is 14.3 Å². The van der Waals surface area contributed by atoms with E-state index in [1.807, 2.05) is 12.1 Å². The van der Waals surface area contributed by atoms with Crippen LogP contribution in [0.2, 0.25) is 5.02 Å². The van der Waals surface area contributed by atoms with Crippen molar-refractivity contribution in [3.8, 4) is 0 Å². The second-order valence-electron chi connectivity index (χ2n) is 4.41. The van der Waals surface area contributed by atoms with Gasteiger partial charge in [0.25, 0.3) is 0 Å². The topological polar surface area (TPSA) is 55.4 Å². The van der Waals surface area contributed by atoms with Gasteiger partial charge in [-0.2, -0.15) is 0 Å². The molecule has 0 saturated carbocycles. The maximum Gasteiger partial charge on any atom is 0.310 e. The van der Waals surface area contributed by atoms with E-state index >= 15 is 0 Å². The lowest BCUT2D eigenvalue weighted by molar-refractivity contribution is -0.145. The molecule has 0 heterocycles. The number of rotatable bonds is 6. The quantitative estimate of drug-likeness (QED) is 0.625. The summed E-state index contributed by atoms with van der Waals surface area (Å²) >= 11 is 9.00. The first-order valence-electron chi connectivity index (χ1n) is 6.18. The van der Waals surface area contributed by atoms with Gasteiger partial charge in [0.05, 0.1) is 17.9 Å². The van der Waals surface area contributed by atoms with Crippen molar-refractivity contribution in [2.45, 2.75) is 18.2 Å². The lowest BCUT2D eigenvalue weighted by Crippen LogP contribution is -2.37. The number of carbonyl (C=O) groups is 2. The summed E-state index contributed by atoms with van der Waals surface area (Å²) in [5.41, 5.74) is 0.964. The molecule has 1 N–H and O–H groups in total. The first-order chi connectivity index (χ1) is 9.43. The summed E-state index contributed by atoms with van der Waals surface area (Å²) in [6.07, 6.45) is 0.487. The molecule has 1 amide bonds. The fourth-order valence-electron chi connectivity index (χ4n) is 1.67. The van der Waals surface area contributed by atoms with Crippen LogP contribution in [0.4, 0.5) is 0 Å². The number of carbonyl (C=O) groups excluding carboxylic acids is 2. The molecule has 0 unspecified atom stereocenters. The van der Waals surface area contributed by atoms with Crippen LogP contribution in [-0.4, -0.2) is 30.4 Å². The second kappa shape index (κ2) is 8.27. The Kier molecular flexibility index (Phi) is 7.02. The number of methoxy groups -OCH3 is 1. The highest BCUT2D eigenvalue weighted by molar-refractivity contribution is 9.10. The number of amides is 1. The molecule has 2 atom stereocenters. The van der Waals surface area contributed by atoms with Crippen LogP contribution >= 0.6 is 27.5 Å². The zero-order chi connectivity index (χ0) is 15.1. The van der Waals surface area contributed by atoms with Crippen LogP contribution in [0.3, 0.4) is 0 Å². The van der Waals surface area contributed by atoms with Crippen molar-refractivity contribution in [2.75, 3.05) is 13.7 Å². The van der Waals surface area contributed by atoms with Gasteiger partial charge in [0.15, 0.2) is 0 Å². The summed E-state index contributed by atoms with van der Waals surface area (Å²) in [6.45, 7) is 1.96. The largest absolute Gasteiger partial charge is 0.469 e. The van der Waals surface area contributed by atoms with Gasteiger partial charge in [-0.05, 0) is 31.0 Å². The van der Waals surface area contributed by atoms with Crippen LogP contribution in [0.1, 0.15) is 12.5 Å². The van der Waals surface area contributed by atoms with Gasteiger partial charge in [-0.15, -0.1) is 0 Å². The van der Waals surface area contributed by atoms with Gasteiger partial charge in [0.1, 0.15) is 0 Å². The average Bonchev–Trinajstić information content (AvgIpc) is 2.44. The number of halogens is 2. The van der Waals surface area contributed by atoms with E-state index in [9.17, 15) is 9.59 Å². The van der Waals surface area contributed by atoms with Crippen LogP contribution in [0, 0.1) is 5.92 Å². The van der Waals surface area contributed by atoms with Crippen molar-refractivity contribution in [3.05, 3.63) is 34.9 Å². The third kappa shape index (κ3) is 5.51. The minimum absolute atomic E-state index is 0.157. The summed E-state index contributed by atoms with van der Waals surface area (Å²) in [7, 11) is 1.34. The number of ether oxygens (including phenoxy) is 1. The van der Waals surface area contributed by atoms with E-state index in [1.54, 1.807) is 19.1 Å². The molecular formula is C14H17BrClNO3. The molecule has 0 aliphatic heterocycles. The van der Waals surface area contributed by atoms with Crippen molar-refractivity contribution in [1.82, 2.24) is 5.32 Å². The highest BCUT2D eigenvalue weighted by atomic mass is 79.9. The summed E-state index contributed by atoms with van der Waals surface area (Å²) in [5, 5.41) is 3.36. The summed E-state index contributed by atoms with van der Waals surface area (Å²) in [4.78, 5) is 23.0. The maximum absolute atomic E-state index is 11.8. The molecule has 0 aromatic heterocycles. The van der Waals surface area contributed by atoms with Gasteiger partial charge in [-0.25, -0.2) is 0 Å². The number of esters is 1. The van der Waals surface area contributed by atoms with E-state index in [0.717, 1.165) is 5.56 Å². The Bertz CT molecular complexity index is 462. The second-order valence-corrected chi connectivity index (χ2v) is 6.22. The number of hydrogen-bond donors (Lipinski definition) is 1. The van der Waals surface area contributed by atoms with Gasteiger partial charge in [-0.3, -0.25) is 9.59 Å². The molecule has 0 spiro atoms. The molecule has 1 rings (SSSR count). The molecule has 0 aliphatic rings. The Morgan fingerprint density at radius 2 is 1.95 bits per heavy atom. The van der Waals surface area contributed by atoms with E-state index in [-0.39, 0.29) is 23.2 Å². The van der Waals surface area contributed by atoms with E-state index in [4.69, 9.17) is 16.3 Å². The molecule has 110 valence electrons. The Balaban J connectivity index is 2.67. The molecule has 0 aliphatic carbocycles. The minimum Gasteiger partial charge on any atom is -0.469 e. The van der Waals surface area contributed by atoms with Crippen molar-refractivity contribution in [3.63, 3.8) is 0 Å². The maximum atomic E-state index is 11.8. The lowest BCUT2D eigenvalue weighted by Gasteiger charge is -2.16. The predicted octanol–water partition coefficient (Wildman–Crippen LogP) is 2.57. The number of nitrogens with one attached hydrogen (secondary N) is 1. The lowest BCUT2D eigenvalue weighted by atomic mass is 9.99. The van der Waals surface area contributed by atoms with Gasteiger partial charge in [0.2, 0.25) is 5.91 Å². The Labute approximate surface area is 132 Å². The Morgan fingerprint density at radius 3 is 2.45 bits per heavy atom. The highest BCUT2D eigenvalue weighted by Gasteiger charge is 2.21. The molecule has 20 heavy (non-hydrogen) atoms. The molecule has 0 fully saturated rings. The average molecular weight is 363 g/mol. The number of benzene rings is 1. The third-order valence-electron chi connectivity index (χ3n) is 2.81. The van der Waals surface area contributed by atoms with Crippen molar-refractivity contribution >= 4 is 39.4 Å². The van der Waals surface area contributed by atoms with E-state index in [2.05, 4.69) is 21.2 Å². The molecule has 1 aromatic rings. The minimum atomic E-state index is -0.420. The predicted molar refractivity (Wildman–Crippen MR) is 82.1 cm³/mol. The smallest absolute Gasteiger partial charge is 0.310 e. The summed E-state index contributed by atoms with van der Waals surface area (Å²) < 4.78 is 4.77. The Morgan fingerprint density at radius 1 is 1.35 bits per heavy atom. The van der Waals surface area contributed by atoms with Gasteiger partial charge in [0, 0.05) is 11.6 Å². The summed E-state index contributed by atoms with van der Waals surface area (Å²) in [6, 6.07) is 7.25. The SMILES string of the molecule is COC(=O)[C@@H](CNC(=O)[C@H](C)Br)Cc1ccc(Cl)cc1. The van der Waals surface area contributed by atoms with Gasteiger partial charge in [-0.1, -0.05) is 39.7 Å². The first kappa shape index (κ1) is 17.0. The van der Waals surface area contributed by atoms with Crippen LogP contribution in [0.15, 0.2) is 24.3 Å². The van der Waals surface area contributed by atoms with Crippen molar-refractivity contribution in [1.29, 1.82) is 0 Å². The molecular weight excluding hydrogens is 346 g/mol. The van der Waals surface area contributed by atoms with Crippen LogP contribution < -0.4 is 5.32 Å². The molecule has 1 aromatic carbocycles. The fourth-order valence-corrected chi connectivity index (χ4v) is 1.96. The van der Waals surface area contributed by atoms with Gasteiger partial charge >= 0.3 is 5.97 Å². The number of alkyl halides is 1. The molecule has 6 heteroatoms. The molecule has 0 saturated heterocycles. The van der Waals surface area contributed by atoms with Crippen LogP contribution in [0.25, 0.3) is 0 Å². The van der Waals surface area contributed by atoms with E-state index in [1.165, 1.54) is 7.11 Å². The van der Waals surface area contributed by atoms with Crippen molar-refractivity contribution in [2.24, 2.45) is 5.92 Å². The van der Waals surface area contributed by atoms with Gasteiger partial charge < -0.3 is 10.1 Å². The van der Waals surface area contributed by atoms with E-state index < -0.39 is 5.92 Å². The Hall–Kier alpha value is -1.07. The highest BCUT2D eigenvalue weighted by Crippen LogP contribution is 2.14. The van der Waals surface area contributed by atoms with E-state index in [0.29, 0.717) is 11.4 Å². The zero-order valence-corrected chi connectivity index (χ0v) is 13.7. The fraction of sp³-hybridized carbons (Fsp3) is 0.429. The summed E-state index contributed by atoms with van der Waals surface area (Å²) in [5.74, 6) is -0.922. The number of hydrogen-bond acceptors (Lipinski definition) is 3. The molecule has 4 nitrogen and oxygen atoms in total. The standard InChI is InChI=1S/C14H17BrClNO3/c1-9(15)13(18)17-8-11(14(19)20-2)7-10-3-5-12(16)6-4-10/h3-6,9,11H,7-8H2,1-2H3,(H,17,18)/t9-,11+/m0/s1. The molecule has 0 bridgehead atoms. The third-order valence-corrected chi connectivity index (χ3v) is 3.48. The van der Waals surface area contributed by atoms with Crippen LogP contribution in [-0.2, 0) is 20.7 Å².